The highest BCUT2D eigenvalue weighted by Gasteiger charge is 2.28. The Morgan fingerprint density at radius 3 is 3.00 bits per heavy atom. The quantitative estimate of drug-likeness (QED) is 0.892. The van der Waals surface area contributed by atoms with E-state index < -0.39 is 0 Å². The molecule has 1 fully saturated rings. The first kappa shape index (κ1) is 12.8. The SMILES string of the molecule is CCc1cnc(NC(=O)Cc2nc(C3CC3)nn2C)o1. The zero-order valence-electron chi connectivity index (χ0n) is 11.6. The van der Waals surface area contributed by atoms with Gasteiger partial charge in [-0.2, -0.15) is 5.10 Å². The number of nitrogens with one attached hydrogen (secondary N) is 1. The monoisotopic (exact) mass is 275 g/mol. The van der Waals surface area contributed by atoms with E-state index in [2.05, 4.69) is 20.4 Å². The Kier molecular flexibility index (Phi) is 3.25. The fraction of sp³-hybridized carbons (Fsp3) is 0.538. The zero-order chi connectivity index (χ0) is 14.1. The summed E-state index contributed by atoms with van der Waals surface area (Å²) in [5.74, 6) is 2.53. The Bertz CT molecular complexity index is 626. The van der Waals surface area contributed by atoms with Crippen molar-refractivity contribution in [1.82, 2.24) is 19.7 Å². The van der Waals surface area contributed by atoms with Crippen molar-refractivity contribution in [1.29, 1.82) is 0 Å². The lowest BCUT2D eigenvalue weighted by Gasteiger charge is -2.00. The Morgan fingerprint density at radius 1 is 1.55 bits per heavy atom. The van der Waals surface area contributed by atoms with Gasteiger partial charge in [0.1, 0.15) is 11.6 Å². The molecular weight excluding hydrogens is 258 g/mol. The van der Waals surface area contributed by atoms with E-state index in [1.54, 1.807) is 10.9 Å². The molecule has 0 bridgehead atoms. The summed E-state index contributed by atoms with van der Waals surface area (Å²) >= 11 is 0. The van der Waals surface area contributed by atoms with E-state index in [4.69, 9.17) is 4.42 Å². The first-order chi connectivity index (χ1) is 9.65. The lowest BCUT2D eigenvalue weighted by atomic mass is 10.3. The first-order valence-corrected chi connectivity index (χ1v) is 6.80. The summed E-state index contributed by atoms with van der Waals surface area (Å²) in [4.78, 5) is 20.3. The normalized spacial score (nSPS) is 14.5. The van der Waals surface area contributed by atoms with Crippen LogP contribution in [0.25, 0.3) is 0 Å². The molecule has 0 aliphatic heterocycles. The third-order valence-electron chi connectivity index (χ3n) is 3.28. The van der Waals surface area contributed by atoms with Crippen molar-refractivity contribution in [2.45, 2.75) is 38.5 Å². The second-order valence-electron chi connectivity index (χ2n) is 4.99. The topological polar surface area (TPSA) is 85.8 Å². The fourth-order valence-electron chi connectivity index (χ4n) is 1.94. The van der Waals surface area contributed by atoms with Crippen molar-refractivity contribution >= 4 is 11.9 Å². The van der Waals surface area contributed by atoms with Gasteiger partial charge < -0.3 is 4.42 Å². The highest BCUT2D eigenvalue weighted by molar-refractivity contribution is 5.89. The summed E-state index contributed by atoms with van der Waals surface area (Å²) in [6.07, 6.45) is 4.82. The number of hydrogen-bond donors (Lipinski definition) is 1. The van der Waals surface area contributed by atoms with Crippen molar-refractivity contribution in [2.75, 3.05) is 5.32 Å². The summed E-state index contributed by atoms with van der Waals surface area (Å²) in [5.41, 5.74) is 0. The number of oxazole rings is 1. The Balaban J connectivity index is 1.63. The van der Waals surface area contributed by atoms with E-state index in [1.807, 2.05) is 14.0 Å². The van der Waals surface area contributed by atoms with E-state index in [0.717, 1.165) is 30.8 Å². The van der Waals surface area contributed by atoms with Crippen LogP contribution in [0, 0.1) is 0 Å². The van der Waals surface area contributed by atoms with Crippen LogP contribution in [0.15, 0.2) is 10.6 Å². The van der Waals surface area contributed by atoms with Crippen molar-refractivity contribution in [3.63, 3.8) is 0 Å². The number of carbonyl (C=O) groups excluding carboxylic acids is 1. The highest BCUT2D eigenvalue weighted by Crippen LogP contribution is 2.37. The molecule has 0 atom stereocenters. The van der Waals surface area contributed by atoms with E-state index in [-0.39, 0.29) is 18.3 Å². The molecule has 2 aromatic rings. The maximum Gasteiger partial charge on any atom is 0.301 e. The van der Waals surface area contributed by atoms with Gasteiger partial charge in [0.05, 0.1) is 12.6 Å². The summed E-state index contributed by atoms with van der Waals surface area (Å²) in [7, 11) is 1.81. The van der Waals surface area contributed by atoms with Crippen molar-refractivity contribution in [2.24, 2.45) is 7.05 Å². The third kappa shape index (κ3) is 2.71. The molecule has 0 unspecified atom stereocenters. The molecule has 1 saturated carbocycles. The maximum atomic E-state index is 11.9. The van der Waals surface area contributed by atoms with Gasteiger partial charge in [-0.1, -0.05) is 6.92 Å². The predicted octanol–water partition coefficient (Wildman–Crippen LogP) is 1.42. The molecule has 7 heteroatoms. The van der Waals surface area contributed by atoms with Gasteiger partial charge in [-0.05, 0) is 12.8 Å². The van der Waals surface area contributed by atoms with Gasteiger partial charge in [-0.25, -0.2) is 9.97 Å². The number of aromatic nitrogens is 4. The molecule has 2 heterocycles. The molecule has 1 aliphatic rings. The molecule has 0 aromatic carbocycles. The van der Waals surface area contributed by atoms with Crippen LogP contribution in [0.3, 0.4) is 0 Å². The van der Waals surface area contributed by atoms with Crippen molar-refractivity contribution in [3.05, 3.63) is 23.6 Å². The Morgan fingerprint density at radius 2 is 2.35 bits per heavy atom. The average molecular weight is 275 g/mol. The van der Waals surface area contributed by atoms with E-state index in [0.29, 0.717) is 11.7 Å². The zero-order valence-corrected chi connectivity index (χ0v) is 11.6. The number of carbonyl (C=O) groups is 1. The van der Waals surface area contributed by atoms with E-state index in [1.165, 1.54) is 0 Å². The van der Waals surface area contributed by atoms with Gasteiger partial charge in [0.2, 0.25) is 5.91 Å². The average Bonchev–Trinajstić information content (AvgIpc) is 3.08. The van der Waals surface area contributed by atoms with Crippen LogP contribution in [-0.4, -0.2) is 25.7 Å². The van der Waals surface area contributed by atoms with Crippen LogP contribution in [0.2, 0.25) is 0 Å². The number of rotatable bonds is 5. The predicted molar refractivity (Wildman–Crippen MR) is 71.2 cm³/mol. The standard InChI is InChI=1S/C13H17N5O2/c1-3-9-7-14-13(20-9)16-11(19)6-10-15-12(8-4-5-8)17-18(10)2/h7-8H,3-6H2,1-2H3,(H,14,16,19). The Hall–Kier alpha value is -2.18. The molecule has 3 rings (SSSR count). The Labute approximate surface area is 116 Å². The fourth-order valence-corrected chi connectivity index (χ4v) is 1.94. The van der Waals surface area contributed by atoms with Crippen LogP contribution in [0.1, 0.15) is 43.1 Å². The van der Waals surface area contributed by atoms with Crippen molar-refractivity contribution < 1.29 is 9.21 Å². The summed E-state index contributed by atoms with van der Waals surface area (Å²) in [6.45, 7) is 1.96. The van der Waals surface area contributed by atoms with Gasteiger partial charge in [-0.3, -0.25) is 14.8 Å². The van der Waals surface area contributed by atoms with Gasteiger partial charge >= 0.3 is 6.01 Å². The minimum Gasteiger partial charge on any atom is -0.429 e. The number of nitrogens with zero attached hydrogens (tertiary/aromatic N) is 4. The van der Waals surface area contributed by atoms with Gasteiger partial charge in [0, 0.05) is 19.4 Å². The summed E-state index contributed by atoms with van der Waals surface area (Å²) in [5, 5.41) is 6.97. The second-order valence-corrected chi connectivity index (χ2v) is 4.99. The van der Waals surface area contributed by atoms with Crippen LogP contribution < -0.4 is 5.32 Å². The maximum absolute atomic E-state index is 11.9. The third-order valence-corrected chi connectivity index (χ3v) is 3.28. The second kappa shape index (κ2) is 5.07. The minimum absolute atomic E-state index is 0.167. The highest BCUT2D eigenvalue weighted by atomic mass is 16.4. The van der Waals surface area contributed by atoms with Crippen molar-refractivity contribution in [3.8, 4) is 0 Å². The van der Waals surface area contributed by atoms with E-state index >= 15 is 0 Å². The number of aryl methyl sites for hydroxylation is 2. The molecule has 1 amide bonds. The number of anilines is 1. The number of amides is 1. The molecule has 1 aliphatic carbocycles. The molecule has 20 heavy (non-hydrogen) atoms. The van der Waals surface area contributed by atoms with Gasteiger partial charge in [0.15, 0.2) is 5.82 Å². The molecule has 0 spiro atoms. The van der Waals surface area contributed by atoms with Gasteiger partial charge in [0.25, 0.3) is 0 Å². The number of hydrogen-bond acceptors (Lipinski definition) is 5. The smallest absolute Gasteiger partial charge is 0.301 e. The van der Waals surface area contributed by atoms with E-state index in [9.17, 15) is 4.79 Å². The molecule has 1 N–H and O–H groups in total. The first-order valence-electron chi connectivity index (χ1n) is 6.80. The summed E-state index contributed by atoms with van der Waals surface area (Å²) < 4.78 is 7.01. The van der Waals surface area contributed by atoms with Crippen LogP contribution in [0.4, 0.5) is 6.01 Å². The lowest BCUT2D eigenvalue weighted by Crippen LogP contribution is -2.17. The lowest BCUT2D eigenvalue weighted by molar-refractivity contribution is -0.115. The van der Waals surface area contributed by atoms with Gasteiger partial charge in [-0.15, -0.1) is 0 Å². The minimum atomic E-state index is -0.202. The van der Waals surface area contributed by atoms with Crippen LogP contribution >= 0.6 is 0 Å². The molecule has 106 valence electrons. The molecule has 0 saturated heterocycles. The largest absolute Gasteiger partial charge is 0.429 e. The summed E-state index contributed by atoms with van der Waals surface area (Å²) in [6, 6.07) is 0.233. The molecular formula is C13H17N5O2. The molecule has 2 aromatic heterocycles. The molecule has 7 nitrogen and oxygen atoms in total. The molecule has 0 radical (unpaired) electrons. The van der Waals surface area contributed by atoms with Crippen LogP contribution in [0.5, 0.6) is 0 Å². The van der Waals surface area contributed by atoms with Crippen LogP contribution in [-0.2, 0) is 24.7 Å².